The number of aromatic nitrogens is 1. The molecule has 0 saturated carbocycles. The molecule has 2 bridgehead atoms. The molecule has 4 aromatic rings. The number of benzene rings is 3. The summed E-state index contributed by atoms with van der Waals surface area (Å²) in [5, 5.41) is 3.74. The average Bonchev–Trinajstić information content (AvgIpc) is 3.44. The van der Waals surface area contributed by atoms with Gasteiger partial charge in [0.15, 0.2) is 0 Å². The third-order valence-corrected chi connectivity index (χ3v) is 7.64. The summed E-state index contributed by atoms with van der Waals surface area (Å²) in [7, 11) is 2.03. The zero-order valence-electron chi connectivity index (χ0n) is 20.9. The highest BCUT2D eigenvalue weighted by Gasteiger charge is 2.43. The molecular formula is C30H27ClN4O2. The van der Waals surface area contributed by atoms with Gasteiger partial charge in [-0.1, -0.05) is 29.8 Å². The average molecular weight is 511 g/mol. The lowest BCUT2D eigenvalue weighted by Crippen LogP contribution is -2.24. The molecule has 3 N–H and O–H groups in total. The predicted octanol–water partition coefficient (Wildman–Crippen LogP) is 6.15. The van der Waals surface area contributed by atoms with E-state index in [9.17, 15) is 4.79 Å². The Balaban J connectivity index is 1.24. The summed E-state index contributed by atoms with van der Waals surface area (Å²) in [6, 6.07) is 21.9. The minimum atomic E-state index is -0.193. The first-order chi connectivity index (χ1) is 17.8. The van der Waals surface area contributed by atoms with Gasteiger partial charge in [0, 0.05) is 41.2 Å². The molecule has 3 heterocycles. The van der Waals surface area contributed by atoms with Gasteiger partial charge in [0.05, 0.1) is 0 Å². The topological polar surface area (TPSA) is 80.5 Å². The van der Waals surface area contributed by atoms with Gasteiger partial charge in [0.1, 0.15) is 18.0 Å². The highest BCUT2D eigenvalue weighted by atomic mass is 35.5. The normalized spacial score (nSPS) is 16.9. The molecule has 6 rings (SSSR count). The number of nitrogens with zero attached hydrogens (tertiary/aromatic N) is 2. The van der Waals surface area contributed by atoms with Crippen molar-refractivity contribution in [2.24, 2.45) is 0 Å². The van der Waals surface area contributed by atoms with Gasteiger partial charge in [-0.25, -0.2) is 4.98 Å². The van der Waals surface area contributed by atoms with Gasteiger partial charge >= 0.3 is 0 Å². The summed E-state index contributed by atoms with van der Waals surface area (Å²) in [5.41, 5.74) is 15.8. The lowest BCUT2D eigenvalue weighted by Gasteiger charge is -2.23. The van der Waals surface area contributed by atoms with E-state index in [4.69, 9.17) is 22.1 Å². The Morgan fingerprint density at radius 1 is 0.973 bits per heavy atom. The number of halogens is 1. The van der Waals surface area contributed by atoms with Crippen molar-refractivity contribution in [3.05, 3.63) is 116 Å². The van der Waals surface area contributed by atoms with Gasteiger partial charge < -0.3 is 20.7 Å². The van der Waals surface area contributed by atoms with E-state index in [0.29, 0.717) is 22.9 Å². The third-order valence-electron chi connectivity index (χ3n) is 7.40. The number of hydrogen-bond donors (Lipinski definition) is 2. The number of rotatable bonds is 5. The Labute approximate surface area is 221 Å². The Hall–Kier alpha value is -3.87. The fraction of sp³-hybridized carbons (Fsp3) is 0.200. The molecule has 0 unspecified atom stereocenters. The molecule has 2 aliphatic rings. The van der Waals surface area contributed by atoms with Crippen LogP contribution in [0.5, 0.6) is 0 Å². The number of hydrogen-bond acceptors (Lipinski definition) is 5. The Kier molecular flexibility index (Phi) is 5.66. The van der Waals surface area contributed by atoms with Crippen molar-refractivity contribution in [1.29, 1.82) is 0 Å². The number of fused-ring (bicyclic) bond motifs is 8. The van der Waals surface area contributed by atoms with Crippen molar-refractivity contribution in [3.8, 4) is 0 Å². The molecule has 0 fully saturated rings. The fourth-order valence-electron chi connectivity index (χ4n) is 5.44. The number of aryl methyl sites for hydroxylation is 2. The van der Waals surface area contributed by atoms with Crippen molar-refractivity contribution in [3.63, 3.8) is 0 Å². The lowest BCUT2D eigenvalue weighted by atomic mass is 9.85. The van der Waals surface area contributed by atoms with Gasteiger partial charge in [-0.2, -0.15) is 0 Å². The van der Waals surface area contributed by atoms with E-state index in [1.54, 1.807) is 0 Å². The van der Waals surface area contributed by atoms with Crippen molar-refractivity contribution in [2.75, 3.05) is 17.7 Å². The maximum atomic E-state index is 13.1. The molecule has 7 heteroatoms. The minimum Gasteiger partial charge on any atom is -0.384 e. The highest BCUT2D eigenvalue weighted by Crippen LogP contribution is 2.55. The SMILES string of the molecule is Cc1cc(N)nc(C)c1CNC(=O)c1ccc2c(c1)[C@@H]1O[C@H]2c2ccc(N(C)c3cccc(Cl)c3)cc21. The molecule has 2 aliphatic heterocycles. The van der Waals surface area contributed by atoms with E-state index in [1.807, 2.05) is 69.4 Å². The molecule has 1 amide bonds. The first-order valence-corrected chi connectivity index (χ1v) is 12.6. The minimum absolute atomic E-state index is 0.108. The first-order valence-electron chi connectivity index (χ1n) is 12.2. The van der Waals surface area contributed by atoms with Crippen LogP contribution in [-0.2, 0) is 11.3 Å². The monoisotopic (exact) mass is 510 g/mol. The van der Waals surface area contributed by atoms with Crippen LogP contribution in [0.2, 0.25) is 5.02 Å². The Bertz CT molecular complexity index is 1540. The standard InChI is InChI=1S/C30H27ClN4O2/c1-16-11-27(32)34-17(2)26(16)15-33-30(36)18-7-9-22-24(12-18)29-25-14-21(8-10-23(25)28(22)37-29)35(3)20-6-4-5-19(31)13-20/h4-14,28-29H,15H2,1-3H3,(H2,32,34)(H,33,36)/t28-,29+/m1/s1. The zero-order valence-corrected chi connectivity index (χ0v) is 21.6. The fourth-order valence-corrected chi connectivity index (χ4v) is 5.63. The summed E-state index contributed by atoms with van der Waals surface area (Å²) in [6.07, 6.45) is -0.301. The smallest absolute Gasteiger partial charge is 0.251 e. The van der Waals surface area contributed by atoms with Gasteiger partial charge in [0.25, 0.3) is 5.91 Å². The zero-order chi connectivity index (χ0) is 25.8. The largest absolute Gasteiger partial charge is 0.384 e. The van der Waals surface area contributed by atoms with Crippen molar-refractivity contribution < 1.29 is 9.53 Å². The second-order valence-corrected chi connectivity index (χ2v) is 10.1. The summed E-state index contributed by atoms with van der Waals surface area (Å²) in [6.45, 7) is 4.28. The van der Waals surface area contributed by atoms with Gasteiger partial charge in [-0.15, -0.1) is 0 Å². The molecule has 186 valence electrons. The number of amides is 1. The number of pyridine rings is 1. The van der Waals surface area contributed by atoms with Crippen LogP contribution in [0.3, 0.4) is 0 Å². The molecular weight excluding hydrogens is 484 g/mol. The van der Waals surface area contributed by atoms with Crippen molar-refractivity contribution in [2.45, 2.75) is 32.6 Å². The van der Waals surface area contributed by atoms with Gasteiger partial charge in [0.2, 0.25) is 0 Å². The lowest BCUT2D eigenvalue weighted by molar-refractivity contribution is 0.0857. The molecule has 0 spiro atoms. The van der Waals surface area contributed by atoms with Crippen LogP contribution < -0.4 is 16.0 Å². The number of carbonyl (C=O) groups excluding carboxylic acids is 1. The number of ether oxygens (including phenoxy) is 1. The summed E-state index contributed by atoms with van der Waals surface area (Å²) < 4.78 is 6.39. The maximum Gasteiger partial charge on any atom is 0.251 e. The highest BCUT2D eigenvalue weighted by molar-refractivity contribution is 6.30. The van der Waals surface area contributed by atoms with E-state index in [0.717, 1.165) is 44.9 Å². The molecule has 1 aromatic heterocycles. The van der Waals surface area contributed by atoms with Crippen LogP contribution in [0.25, 0.3) is 0 Å². The van der Waals surface area contributed by atoms with E-state index in [1.165, 1.54) is 5.56 Å². The van der Waals surface area contributed by atoms with E-state index in [-0.39, 0.29) is 18.1 Å². The molecule has 0 radical (unpaired) electrons. The van der Waals surface area contributed by atoms with Crippen LogP contribution >= 0.6 is 11.6 Å². The second kappa shape index (κ2) is 8.91. The molecule has 6 nitrogen and oxygen atoms in total. The molecule has 0 aliphatic carbocycles. The van der Waals surface area contributed by atoms with Gasteiger partial charge in [-0.3, -0.25) is 4.79 Å². The summed E-state index contributed by atoms with van der Waals surface area (Å²) >= 11 is 6.21. The molecule has 37 heavy (non-hydrogen) atoms. The van der Waals surface area contributed by atoms with Crippen LogP contribution in [0.4, 0.5) is 17.2 Å². The van der Waals surface area contributed by atoms with E-state index in [2.05, 4.69) is 33.4 Å². The summed E-state index contributed by atoms with van der Waals surface area (Å²) in [5.74, 6) is 0.358. The third kappa shape index (κ3) is 4.02. The Morgan fingerprint density at radius 3 is 2.43 bits per heavy atom. The van der Waals surface area contributed by atoms with Crippen molar-refractivity contribution in [1.82, 2.24) is 10.3 Å². The number of nitrogens with one attached hydrogen (secondary N) is 1. The molecule has 3 aromatic carbocycles. The van der Waals surface area contributed by atoms with Crippen LogP contribution in [-0.4, -0.2) is 17.9 Å². The van der Waals surface area contributed by atoms with Crippen LogP contribution in [0, 0.1) is 13.8 Å². The molecule has 0 saturated heterocycles. The summed E-state index contributed by atoms with van der Waals surface area (Å²) in [4.78, 5) is 19.5. The number of nitrogen functional groups attached to an aromatic ring is 1. The predicted molar refractivity (Wildman–Crippen MR) is 146 cm³/mol. The second-order valence-electron chi connectivity index (χ2n) is 9.70. The number of carbonyl (C=O) groups is 1. The first kappa shape index (κ1) is 23.5. The number of anilines is 3. The molecule has 2 atom stereocenters. The maximum absolute atomic E-state index is 13.1. The van der Waals surface area contributed by atoms with Crippen LogP contribution in [0.15, 0.2) is 66.7 Å². The van der Waals surface area contributed by atoms with Gasteiger partial charge in [-0.05, 0) is 95.8 Å². The van der Waals surface area contributed by atoms with Crippen LogP contribution in [0.1, 0.15) is 61.6 Å². The van der Waals surface area contributed by atoms with E-state index < -0.39 is 0 Å². The number of nitrogens with two attached hydrogens (primary N) is 1. The Morgan fingerprint density at radius 2 is 1.68 bits per heavy atom. The van der Waals surface area contributed by atoms with E-state index >= 15 is 0 Å². The quantitative estimate of drug-likeness (QED) is 0.336. The van der Waals surface area contributed by atoms with Crippen molar-refractivity contribution >= 4 is 34.7 Å².